The van der Waals surface area contributed by atoms with Gasteiger partial charge in [0.25, 0.3) is 0 Å². The third kappa shape index (κ3) is 3.07. The highest BCUT2D eigenvalue weighted by molar-refractivity contribution is 5.36. The maximum atomic E-state index is 9.34. The van der Waals surface area contributed by atoms with Gasteiger partial charge in [0.1, 0.15) is 0 Å². The largest absolute Gasteiger partial charge is 0.392 e. The third-order valence-electron chi connectivity index (χ3n) is 3.12. The second-order valence-corrected chi connectivity index (χ2v) is 5.09. The molecule has 0 amide bonds. The number of aliphatic hydroxyl groups is 1. The summed E-state index contributed by atoms with van der Waals surface area (Å²) in [4.78, 5) is 0. The fourth-order valence-electron chi connectivity index (χ4n) is 2.22. The van der Waals surface area contributed by atoms with Crippen molar-refractivity contribution in [3.8, 4) is 0 Å². The normalized spacial score (nSPS) is 21.1. The minimum absolute atomic E-state index is 0.194. The van der Waals surface area contributed by atoms with E-state index in [4.69, 9.17) is 0 Å². The predicted molar refractivity (Wildman–Crippen MR) is 65.7 cm³/mol. The summed E-state index contributed by atoms with van der Waals surface area (Å²) in [7, 11) is 0. The summed E-state index contributed by atoms with van der Waals surface area (Å²) in [6, 6.07) is 0. The third-order valence-corrected chi connectivity index (χ3v) is 3.12. The van der Waals surface area contributed by atoms with E-state index in [0.717, 1.165) is 12.0 Å². The van der Waals surface area contributed by atoms with E-state index in [9.17, 15) is 5.11 Å². The van der Waals surface area contributed by atoms with E-state index in [1.807, 2.05) is 13.0 Å². The topological polar surface area (TPSA) is 20.2 Å². The van der Waals surface area contributed by atoms with Gasteiger partial charge >= 0.3 is 0 Å². The summed E-state index contributed by atoms with van der Waals surface area (Å²) in [6.07, 6.45) is 7.60. The van der Waals surface area contributed by atoms with Gasteiger partial charge in [0.05, 0.1) is 6.61 Å². The molecule has 1 N–H and O–H groups in total. The van der Waals surface area contributed by atoms with Gasteiger partial charge in [-0.2, -0.15) is 0 Å². The van der Waals surface area contributed by atoms with Gasteiger partial charge in [-0.05, 0) is 42.7 Å². The molecule has 0 unspecified atom stereocenters. The molecule has 84 valence electrons. The number of hydrogen-bond donors (Lipinski definition) is 1. The van der Waals surface area contributed by atoms with Gasteiger partial charge in [-0.15, -0.1) is 0 Å². The summed E-state index contributed by atoms with van der Waals surface area (Å²) >= 11 is 0. The van der Waals surface area contributed by atoms with Gasteiger partial charge < -0.3 is 5.11 Å². The summed E-state index contributed by atoms with van der Waals surface area (Å²) < 4.78 is 0. The van der Waals surface area contributed by atoms with E-state index >= 15 is 0 Å². The van der Waals surface area contributed by atoms with Crippen LogP contribution in [0.3, 0.4) is 0 Å². The smallest absolute Gasteiger partial charge is 0.0647 e. The molecule has 0 aromatic carbocycles. The lowest BCUT2D eigenvalue weighted by Gasteiger charge is -2.33. The van der Waals surface area contributed by atoms with Gasteiger partial charge in [0, 0.05) is 0 Å². The number of allylic oxidation sites excluding steroid dienone is 4. The molecule has 0 bridgehead atoms. The molecule has 0 heterocycles. The van der Waals surface area contributed by atoms with Crippen molar-refractivity contribution in [2.75, 3.05) is 6.61 Å². The summed E-state index contributed by atoms with van der Waals surface area (Å²) in [5.41, 5.74) is 3.76. The average Bonchev–Trinajstić information content (AvgIpc) is 2.14. The van der Waals surface area contributed by atoms with Crippen molar-refractivity contribution < 1.29 is 5.11 Å². The Morgan fingerprint density at radius 3 is 2.73 bits per heavy atom. The van der Waals surface area contributed by atoms with E-state index in [1.165, 1.54) is 24.0 Å². The van der Waals surface area contributed by atoms with Gasteiger partial charge in [-0.1, -0.05) is 38.2 Å². The van der Waals surface area contributed by atoms with Gasteiger partial charge in [0.2, 0.25) is 0 Å². The summed E-state index contributed by atoms with van der Waals surface area (Å²) in [5.74, 6) is 0. The first kappa shape index (κ1) is 12.3. The highest BCUT2D eigenvalue weighted by Gasteiger charge is 2.27. The lowest BCUT2D eigenvalue weighted by molar-refractivity contribution is 0.299. The zero-order valence-electron chi connectivity index (χ0n) is 10.1. The van der Waals surface area contributed by atoms with Crippen LogP contribution in [0.4, 0.5) is 0 Å². The Hall–Kier alpha value is -0.820. The second-order valence-electron chi connectivity index (χ2n) is 5.09. The molecule has 1 aliphatic carbocycles. The molecule has 0 radical (unpaired) electrons. The number of aliphatic hydroxyl groups excluding tert-OH is 1. The van der Waals surface area contributed by atoms with Crippen molar-refractivity contribution in [3.05, 3.63) is 35.5 Å². The first-order valence-corrected chi connectivity index (χ1v) is 5.64. The molecule has 0 aliphatic heterocycles. The Morgan fingerprint density at radius 1 is 1.53 bits per heavy atom. The van der Waals surface area contributed by atoms with Crippen molar-refractivity contribution in [2.45, 2.75) is 40.0 Å². The standard InChI is InChI=1S/C14H22O/c1-11(2)7-8-13-12(10-15)6-5-9-14(13,3)4/h7-8,15H,1,5-6,9-10H2,2-4H3/b8-7+. The van der Waals surface area contributed by atoms with Crippen LogP contribution in [0.15, 0.2) is 35.5 Å². The van der Waals surface area contributed by atoms with Crippen LogP contribution in [-0.2, 0) is 0 Å². The molecule has 0 aromatic rings. The average molecular weight is 206 g/mol. The minimum Gasteiger partial charge on any atom is -0.392 e. The first-order chi connectivity index (χ1) is 6.97. The molecule has 0 fully saturated rings. The fraction of sp³-hybridized carbons (Fsp3) is 0.571. The fourth-order valence-corrected chi connectivity index (χ4v) is 2.22. The predicted octanol–water partition coefficient (Wildman–Crippen LogP) is 3.62. The first-order valence-electron chi connectivity index (χ1n) is 5.64. The lowest BCUT2D eigenvalue weighted by atomic mass is 9.72. The molecule has 1 heteroatoms. The molecular formula is C14H22O. The van der Waals surface area contributed by atoms with Crippen LogP contribution in [0.5, 0.6) is 0 Å². The van der Waals surface area contributed by atoms with E-state index in [2.05, 4.69) is 26.5 Å². The molecule has 0 aromatic heterocycles. The Bertz CT molecular complexity index is 305. The van der Waals surface area contributed by atoms with Crippen molar-refractivity contribution in [2.24, 2.45) is 5.41 Å². The van der Waals surface area contributed by atoms with Crippen LogP contribution >= 0.6 is 0 Å². The van der Waals surface area contributed by atoms with E-state index < -0.39 is 0 Å². The summed E-state index contributed by atoms with van der Waals surface area (Å²) in [6.45, 7) is 10.6. The molecule has 0 saturated carbocycles. The Labute approximate surface area is 93.2 Å². The van der Waals surface area contributed by atoms with Crippen LogP contribution in [0.2, 0.25) is 0 Å². The quantitative estimate of drug-likeness (QED) is 0.699. The van der Waals surface area contributed by atoms with Crippen molar-refractivity contribution in [1.29, 1.82) is 0 Å². The molecule has 0 spiro atoms. The maximum absolute atomic E-state index is 9.34. The van der Waals surface area contributed by atoms with Crippen LogP contribution in [0.25, 0.3) is 0 Å². The molecule has 15 heavy (non-hydrogen) atoms. The highest BCUT2D eigenvalue weighted by Crippen LogP contribution is 2.40. The molecule has 1 nitrogen and oxygen atoms in total. The Balaban J connectivity index is 3.03. The van der Waals surface area contributed by atoms with Gasteiger partial charge in [-0.3, -0.25) is 0 Å². The Morgan fingerprint density at radius 2 is 2.20 bits per heavy atom. The van der Waals surface area contributed by atoms with Gasteiger partial charge in [0.15, 0.2) is 0 Å². The van der Waals surface area contributed by atoms with Crippen LogP contribution < -0.4 is 0 Å². The minimum atomic E-state index is 0.194. The zero-order chi connectivity index (χ0) is 11.5. The van der Waals surface area contributed by atoms with E-state index in [1.54, 1.807) is 0 Å². The SMILES string of the molecule is C=C(C)/C=C/C1=C(CO)CCCC1(C)C. The van der Waals surface area contributed by atoms with Crippen LogP contribution in [0.1, 0.15) is 40.0 Å². The van der Waals surface area contributed by atoms with Crippen molar-refractivity contribution >= 4 is 0 Å². The van der Waals surface area contributed by atoms with E-state index in [-0.39, 0.29) is 12.0 Å². The highest BCUT2D eigenvalue weighted by atomic mass is 16.3. The number of rotatable bonds is 3. The molecular weight excluding hydrogens is 184 g/mol. The van der Waals surface area contributed by atoms with E-state index in [0.29, 0.717) is 0 Å². The number of hydrogen-bond acceptors (Lipinski definition) is 1. The lowest BCUT2D eigenvalue weighted by Crippen LogP contribution is -2.21. The Kier molecular flexibility index (Phi) is 3.92. The summed E-state index contributed by atoms with van der Waals surface area (Å²) in [5, 5.41) is 9.34. The molecule has 0 saturated heterocycles. The van der Waals surface area contributed by atoms with Crippen molar-refractivity contribution in [1.82, 2.24) is 0 Å². The van der Waals surface area contributed by atoms with Crippen LogP contribution in [-0.4, -0.2) is 11.7 Å². The zero-order valence-corrected chi connectivity index (χ0v) is 10.1. The molecule has 0 atom stereocenters. The van der Waals surface area contributed by atoms with Crippen molar-refractivity contribution in [3.63, 3.8) is 0 Å². The maximum Gasteiger partial charge on any atom is 0.0647 e. The monoisotopic (exact) mass is 206 g/mol. The second kappa shape index (κ2) is 4.80. The molecule has 1 rings (SSSR count). The molecule has 1 aliphatic rings. The van der Waals surface area contributed by atoms with Crippen LogP contribution in [0, 0.1) is 5.41 Å². The van der Waals surface area contributed by atoms with Gasteiger partial charge in [-0.25, -0.2) is 0 Å².